The van der Waals surface area contributed by atoms with E-state index >= 15 is 0 Å². The van der Waals surface area contributed by atoms with Crippen LogP contribution in [0.2, 0.25) is 0 Å². The van der Waals surface area contributed by atoms with Crippen LogP contribution in [0, 0.1) is 5.41 Å². The summed E-state index contributed by atoms with van der Waals surface area (Å²) in [6.07, 6.45) is 0.941. The summed E-state index contributed by atoms with van der Waals surface area (Å²) < 4.78 is 5.05. The van der Waals surface area contributed by atoms with Gasteiger partial charge >= 0.3 is 0 Å². The van der Waals surface area contributed by atoms with E-state index in [4.69, 9.17) is 4.74 Å². The molecule has 0 aliphatic carbocycles. The van der Waals surface area contributed by atoms with E-state index in [-0.39, 0.29) is 12.0 Å². The lowest BCUT2D eigenvalue weighted by molar-refractivity contribution is 0.0655. The Kier molecular flexibility index (Phi) is 1.54. The number of ether oxygens (including phenoxy) is 1. The molecule has 0 aromatic rings. The molecule has 2 nitrogen and oxygen atoms in total. The summed E-state index contributed by atoms with van der Waals surface area (Å²) in [6, 6.07) is 0. The Morgan fingerprint density at radius 3 is 2.75 bits per heavy atom. The molecule has 0 spiro atoms. The highest BCUT2D eigenvalue weighted by atomic mass is 16.5. The predicted octanol–water partition coefficient (Wildman–Crippen LogP) is 0.844. The van der Waals surface area contributed by atoms with Crippen molar-refractivity contribution < 1.29 is 9.84 Å². The molecule has 1 unspecified atom stereocenters. The van der Waals surface area contributed by atoms with Gasteiger partial charge in [-0.15, -0.1) is 0 Å². The average Bonchev–Trinajstić information content (AvgIpc) is 2.17. The lowest BCUT2D eigenvalue weighted by Crippen LogP contribution is -2.19. The maximum absolute atomic E-state index is 10.4. The number of hydrogen-bond donors (Lipinski definition) is 0. The Labute approximate surface area is 49.5 Å². The summed E-state index contributed by atoms with van der Waals surface area (Å²) in [6.45, 7) is 3.43. The molecule has 1 atom stereocenters. The third-order valence-electron chi connectivity index (χ3n) is 1.65. The summed E-state index contributed by atoms with van der Waals surface area (Å²) in [7, 11) is 0. The third-order valence-corrected chi connectivity index (χ3v) is 1.65. The summed E-state index contributed by atoms with van der Waals surface area (Å²) in [5.74, 6) is 0. The maximum atomic E-state index is 10.4. The van der Waals surface area contributed by atoms with Crippen LogP contribution in [0.5, 0.6) is 0 Å². The van der Waals surface area contributed by atoms with Crippen LogP contribution < -0.4 is 0 Å². The molecule has 1 fully saturated rings. The van der Waals surface area contributed by atoms with Crippen LogP contribution in [-0.4, -0.2) is 19.8 Å². The van der Waals surface area contributed by atoms with Crippen molar-refractivity contribution >= 4 is 0 Å². The molecule has 1 aliphatic heterocycles. The molecule has 1 rings (SSSR count). The summed E-state index contributed by atoms with van der Waals surface area (Å²) in [5.41, 5.74) is -0.0417. The van der Waals surface area contributed by atoms with Gasteiger partial charge in [-0.2, -0.15) is 0 Å². The summed E-state index contributed by atoms with van der Waals surface area (Å²) in [5, 5.41) is 10.4. The Bertz CT molecular complexity index is 74.6. The topological polar surface area (TPSA) is 29.1 Å². The second kappa shape index (κ2) is 2.03. The van der Waals surface area contributed by atoms with Crippen LogP contribution in [0.3, 0.4) is 0 Å². The second-order valence-electron chi connectivity index (χ2n) is 2.76. The predicted molar refractivity (Wildman–Crippen MR) is 29.1 cm³/mol. The number of hydrogen-bond acceptors (Lipinski definition) is 1. The largest absolute Gasteiger partial charge is 0.381 e. The highest BCUT2D eigenvalue weighted by Gasteiger charge is 2.28. The van der Waals surface area contributed by atoms with Gasteiger partial charge < -0.3 is 4.74 Å². The van der Waals surface area contributed by atoms with Crippen molar-refractivity contribution in [1.82, 2.24) is 0 Å². The molecule has 1 saturated heterocycles. The van der Waals surface area contributed by atoms with Crippen LogP contribution in [-0.2, 0) is 9.84 Å². The molecule has 0 aromatic heterocycles. The molecule has 1 radical (unpaired) electrons. The quantitative estimate of drug-likeness (QED) is 0.498. The van der Waals surface area contributed by atoms with Gasteiger partial charge in [-0.3, -0.25) is 0 Å². The summed E-state index contributed by atoms with van der Waals surface area (Å²) >= 11 is 0. The Hall–Kier alpha value is -0.0800. The van der Waals surface area contributed by atoms with Gasteiger partial charge in [-0.1, -0.05) is 6.92 Å². The van der Waals surface area contributed by atoms with E-state index in [2.05, 4.69) is 0 Å². The smallest absolute Gasteiger partial charge is 0.0898 e. The van der Waals surface area contributed by atoms with E-state index in [0.717, 1.165) is 13.0 Å². The van der Waals surface area contributed by atoms with E-state index in [1.54, 1.807) is 0 Å². The first-order valence-corrected chi connectivity index (χ1v) is 2.93. The fourth-order valence-electron chi connectivity index (χ4n) is 0.823. The van der Waals surface area contributed by atoms with Gasteiger partial charge in [0.25, 0.3) is 0 Å². The van der Waals surface area contributed by atoms with Crippen LogP contribution in [0.1, 0.15) is 13.3 Å². The maximum Gasteiger partial charge on any atom is 0.0898 e. The van der Waals surface area contributed by atoms with Crippen molar-refractivity contribution in [2.45, 2.75) is 13.3 Å². The standard InChI is InChI=1S/C6H11O2/c1-6(4-7)2-3-8-5-6/h2-5H2,1H3. The molecule has 47 valence electrons. The molecule has 1 aliphatic rings. The monoisotopic (exact) mass is 115 g/mol. The SMILES string of the molecule is CC1(C[O])CCOC1. The Morgan fingerprint density at radius 1 is 1.75 bits per heavy atom. The highest BCUT2D eigenvalue weighted by Crippen LogP contribution is 2.26. The van der Waals surface area contributed by atoms with E-state index < -0.39 is 0 Å². The van der Waals surface area contributed by atoms with Crippen molar-refractivity contribution in [1.29, 1.82) is 0 Å². The van der Waals surface area contributed by atoms with Crippen LogP contribution in [0.25, 0.3) is 0 Å². The van der Waals surface area contributed by atoms with Crippen LogP contribution >= 0.6 is 0 Å². The Balaban J connectivity index is 2.40. The molecular weight excluding hydrogens is 104 g/mol. The van der Waals surface area contributed by atoms with Crippen molar-refractivity contribution in [3.8, 4) is 0 Å². The fourth-order valence-corrected chi connectivity index (χ4v) is 0.823. The zero-order valence-corrected chi connectivity index (χ0v) is 5.14. The third kappa shape index (κ3) is 1.01. The van der Waals surface area contributed by atoms with Crippen molar-refractivity contribution in [2.24, 2.45) is 5.41 Å². The van der Waals surface area contributed by atoms with E-state index in [1.807, 2.05) is 6.92 Å². The molecular formula is C6H11O2. The molecule has 2 heteroatoms. The normalized spacial score (nSPS) is 38.2. The molecule has 0 amide bonds. The zero-order chi connectivity index (χ0) is 6.04. The minimum atomic E-state index is -0.0417. The fraction of sp³-hybridized carbons (Fsp3) is 1.00. The van der Waals surface area contributed by atoms with E-state index in [9.17, 15) is 5.11 Å². The highest BCUT2D eigenvalue weighted by molar-refractivity contribution is 4.76. The Morgan fingerprint density at radius 2 is 2.50 bits per heavy atom. The molecule has 8 heavy (non-hydrogen) atoms. The minimum Gasteiger partial charge on any atom is -0.381 e. The van der Waals surface area contributed by atoms with E-state index in [0.29, 0.717) is 6.61 Å². The van der Waals surface area contributed by atoms with Gasteiger partial charge in [-0.25, -0.2) is 5.11 Å². The lowest BCUT2D eigenvalue weighted by Gasteiger charge is -2.14. The first kappa shape index (κ1) is 6.05. The molecule has 0 bridgehead atoms. The minimum absolute atomic E-state index is 0.00694. The molecule has 0 N–H and O–H groups in total. The molecule has 1 heterocycles. The van der Waals surface area contributed by atoms with Gasteiger partial charge in [0, 0.05) is 12.0 Å². The van der Waals surface area contributed by atoms with Crippen LogP contribution in [0.15, 0.2) is 0 Å². The van der Waals surface area contributed by atoms with Gasteiger partial charge in [0.1, 0.15) is 0 Å². The summed E-state index contributed by atoms with van der Waals surface area (Å²) in [4.78, 5) is 0. The van der Waals surface area contributed by atoms with Crippen LogP contribution in [0.4, 0.5) is 0 Å². The molecule has 0 aromatic carbocycles. The van der Waals surface area contributed by atoms with Crippen molar-refractivity contribution in [3.05, 3.63) is 0 Å². The molecule has 0 saturated carbocycles. The second-order valence-corrected chi connectivity index (χ2v) is 2.76. The van der Waals surface area contributed by atoms with Gasteiger partial charge in [0.2, 0.25) is 0 Å². The van der Waals surface area contributed by atoms with Crippen molar-refractivity contribution in [3.63, 3.8) is 0 Å². The first-order valence-electron chi connectivity index (χ1n) is 2.93. The van der Waals surface area contributed by atoms with E-state index in [1.165, 1.54) is 0 Å². The average molecular weight is 115 g/mol. The van der Waals surface area contributed by atoms with Gasteiger partial charge in [0.05, 0.1) is 13.2 Å². The first-order chi connectivity index (χ1) is 3.77. The number of rotatable bonds is 1. The van der Waals surface area contributed by atoms with Gasteiger partial charge in [-0.05, 0) is 6.42 Å². The van der Waals surface area contributed by atoms with Crippen molar-refractivity contribution in [2.75, 3.05) is 19.8 Å². The lowest BCUT2D eigenvalue weighted by atomic mass is 9.92. The van der Waals surface area contributed by atoms with Gasteiger partial charge in [0.15, 0.2) is 0 Å². The zero-order valence-electron chi connectivity index (χ0n) is 5.14.